The molecule has 2 atom stereocenters. The van der Waals surface area contributed by atoms with Gasteiger partial charge in [-0.05, 0) is 69.9 Å². The summed E-state index contributed by atoms with van der Waals surface area (Å²) in [5.41, 5.74) is 0. The van der Waals surface area contributed by atoms with Crippen molar-refractivity contribution in [1.82, 2.24) is 15.5 Å². The molecule has 1 aliphatic heterocycles. The van der Waals surface area contributed by atoms with Crippen LogP contribution < -0.4 is 10.6 Å². The Bertz CT molecular complexity index is 356. The van der Waals surface area contributed by atoms with Crippen LogP contribution in [-0.4, -0.2) is 43.7 Å². The van der Waals surface area contributed by atoms with Gasteiger partial charge in [0.15, 0.2) is 0 Å². The maximum atomic E-state index is 11.7. The van der Waals surface area contributed by atoms with Crippen LogP contribution in [0.2, 0.25) is 0 Å². The SMILES string of the molecule is CC1CCCN(CCCCNC(=O)NCC2CC=CCC2)C1. The molecule has 2 N–H and O–H groups in total. The van der Waals surface area contributed by atoms with Crippen molar-refractivity contribution in [3.8, 4) is 0 Å². The third kappa shape index (κ3) is 6.82. The van der Waals surface area contributed by atoms with Gasteiger partial charge >= 0.3 is 6.03 Å². The quantitative estimate of drug-likeness (QED) is 0.560. The predicted molar refractivity (Wildman–Crippen MR) is 92.0 cm³/mol. The molecule has 1 aliphatic carbocycles. The number of rotatable bonds is 7. The lowest BCUT2D eigenvalue weighted by atomic mass is 9.94. The minimum absolute atomic E-state index is 0.00106. The second-order valence-corrected chi connectivity index (χ2v) is 7.04. The highest BCUT2D eigenvalue weighted by atomic mass is 16.2. The van der Waals surface area contributed by atoms with Crippen LogP contribution in [0, 0.1) is 11.8 Å². The summed E-state index contributed by atoms with van der Waals surface area (Å²) in [5, 5.41) is 5.99. The molecule has 0 saturated carbocycles. The molecule has 0 aromatic heterocycles. The Morgan fingerprint density at radius 3 is 2.91 bits per heavy atom. The van der Waals surface area contributed by atoms with Crippen molar-refractivity contribution < 1.29 is 4.79 Å². The minimum atomic E-state index is 0.00106. The molecule has 4 nitrogen and oxygen atoms in total. The maximum Gasteiger partial charge on any atom is 0.314 e. The number of amides is 2. The van der Waals surface area contributed by atoms with Gasteiger partial charge in [0.25, 0.3) is 0 Å². The minimum Gasteiger partial charge on any atom is -0.338 e. The van der Waals surface area contributed by atoms with Crippen LogP contribution in [0.3, 0.4) is 0 Å². The van der Waals surface area contributed by atoms with Gasteiger partial charge in [0.1, 0.15) is 0 Å². The molecule has 1 saturated heterocycles. The second kappa shape index (κ2) is 9.88. The largest absolute Gasteiger partial charge is 0.338 e. The molecule has 0 aromatic rings. The van der Waals surface area contributed by atoms with E-state index in [4.69, 9.17) is 0 Å². The lowest BCUT2D eigenvalue weighted by Crippen LogP contribution is -2.39. The van der Waals surface area contributed by atoms with E-state index >= 15 is 0 Å². The highest BCUT2D eigenvalue weighted by Crippen LogP contribution is 2.17. The molecular weight excluding hydrogens is 274 g/mol. The number of carbonyl (C=O) groups is 1. The van der Waals surface area contributed by atoms with Gasteiger partial charge in [-0.25, -0.2) is 4.79 Å². The Kier molecular flexibility index (Phi) is 7.78. The lowest BCUT2D eigenvalue weighted by Gasteiger charge is -2.30. The highest BCUT2D eigenvalue weighted by Gasteiger charge is 2.15. The van der Waals surface area contributed by atoms with Crippen LogP contribution in [0.1, 0.15) is 51.9 Å². The smallest absolute Gasteiger partial charge is 0.314 e. The molecular formula is C18H33N3O. The summed E-state index contributed by atoms with van der Waals surface area (Å²) in [5.74, 6) is 1.48. The van der Waals surface area contributed by atoms with Crippen LogP contribution in [0.5, 0.6) is 0 Å². The maximum absolute atomic E-state index is 11.7. The molecule has 2 rings (SSSR count). The molecule has 2 unspecified atom stereocenters. The normalized spacial score (nSPS) is 25.9. The molecule has 2 amide bonds. The van der Waals surface area contributed by atoms with Crippen molar-refractivity contribution in [1.29, 1.82) is 0 Å². The zero-order valence-corrected chi connectivity index (χ0v) is 14.2. The first kappa shape index (κ1) is 17.3. The first-order valence-corrected chi connectivity index (χ1v) is 9.13. The third-order valence-electron chi connectivity index (χ3n) is 4.86. The Morgan fingerprint density at radius 1 is 1.23 bits per heavy atom. The van der Waals surface area contributed by atoms with E-state index < -0.39 is 0 Å². The van der Waals surface area contributed by atoms with E-state index in [0.29, 0.717) is 5.92 Å². The van der Waals surface area contributed by atoms with E-state index in [1.165, 1.54) is 45.3 Å². The van der Waals surface area contributed by atoms with Gasteiger partial charge in [-0.15, -0.1) is 0 Å². The number of carbonyl (C=O) groups excluding carboxylic acids is 1. The van der Waals surface area contributed by atoms with E-state index in [0.717, 1.165) is 38.3 Å². The van der Waals surface area contributed by atoms with Gasteiger partial charge in [-0.1, -0.05) is 19.1 Å². The Hall–Kier alpha value is -1.03. The summed E-state index contributed by atoms with van der Waals surface area (Å²) in [6.07, 6.45) is 12.9. The summed E-state index contributed by atoms with van der Waals surface area (Å²) in [6, 6.07) is 0.00106. The molecule has 0 spiro atoms. The van der Waals surface area contributed by atoms with Crippen LogP contribution in [-0.2, 0) is 0 Å². The molecule has 1 fully saturated rings. The fourth-order valence-corrected chi connectivity index (χ4v) is 3.49. The first-order valence-electron chi connectivity index (χ1n) is 9.13. The number of urea groups is 1. The fraction of sp³-hybridized carbons (Fsp3) is 0.833. The first-order chi connectivity index (χ1) is 10.7. The molecule has 1 heterocycles. The zero-order chi connectivity index (χ0) is 15.6. The summed E-state index contributed by atoms with van der Waals surface area (Å²) in [4.78, 5) is 14.3. The lowest BCUT2D eigenvalue weighted by molar-refractivity contribution is 0.181. The summed E-state index contributed by atoms with van der Waals surface area (Å²) >= 11 is 0. The van der Waals surface area contributed by atoms with Gasteiger partial charge in [-0.3, -0.25) is 0 Å². The highest BCUT2D eigenvalue weighted by molar-refractivity contribution is 5.73. The zero-order valence-electron chi connectivity index (χ0n) is 14.2. The fourth-order valence-electron chi connectivity index (χ4n) is 3.49. The van der Waals surface area contributed by atoms with Crippen LogP contribution >= 0.6 is 0 Å². The standard InChI is InChI=1S/C18H33N3O/c1-16-8-7-13-21(15-16)12-6-5-11-19-18(22)20-14-17-9-3-2-4-10-17/h2-3,16-17H,4-15H2,1H3,(H2,19,20,22). The van der Waals surface area contributed by atoms with E-state index in [2.05, 4.69) is 34.6 Å². The Morgan fingerprint density at radius 2 is 2.14 bits per heavy atom. The number of nitrogens with one attached hydrogen (secondary N) is 2. The number of hydrogen-bond donors (Lipinski definition) is 2. The molecule has 22 heavy (non-hydrogen) atoms. The number of allylic oxidation sites excluding steroid dienone is 2. The van der Waals surface area contributed by atoms with Crippen molar-refractivity contribution in [2.45, 2.75) is 51.9 Å². The van der Waals surface area contributed by atoms with E-state index in [1.54, 1.807) is 0 Å². The number of likely N-dealkylation sites (tertiary alicyclic amines) is 1. The number of unbranched alkanes of at least 4 members (excludes halogenated alkanes) is 1. The van der Waals surface area contributed by atoms with Crippen LogP contribution in [0.25, 0.3) is 0 Å². The average Bonchev–Trinajstić information content (AvgIpc) is 2.54. The molecule has 4 heteroatoms. The van der Waals surface area contributed by atoms with Gasteiger partial charge in [0.2, 0.25) is 0 Å². The second-order valence-electron chi connectivity index (χ2n) is 7.04. The van der Waals surface area contributed by atoms with Gasteiger partial charge in [-0.2, -0.15) is 0 Å². The van der Waals surface area contributed by atoms with Crippen molar-refractivity contribution >= 4 is 6.03 Å². The Balaban J connectivity index is 1.44. The average molecular weight is 307 g/mol. The summed E-state index contributed by atoms with van der Waals surface area (Å²) in [6.45, 7) is 7.64. The van der Waals surface area contributed by atoms with Gasteiger partial charge in [0.05, 0.1) is 0 Å². The molecule has 0 bridgehead atoms. The predicted octanol–water partition coefficient (Wildman–Crippen LogP) is 3.15. The van der Waals surface area contributed by atoms with E-state index in [1.807, 2.05) is 0 Å². The molecule has 0 radical (unpaired) electrons. The van der Waals surface area contributed by atoms with Crippen LogP contribution in [0.4, 0.5) is 4.79 Å². The summed E-state index contributed by atoms with van der Waals surface area (Å²) in [7, 11) is 0. The topological polar surface area (TPSA) is 44.4 Å². The number of piperidine rings is 1. The van der Waals surface area contributed by atoms with Gasteiger partial charge in [0, 0.05) is 19.6 Å². The van der Waals surface area contributed by atoms with Crippen molar-refractivity contribution in [2.24, 2.45) is 11.8 Å². The number of nitrogens with zero attached hydrogens (tertiary/aromatic N) is 1. The van der Waals surface area contributed by atoms with Gasteiger partial charge < -0.3 is 15.5 Å². The van der Waals surface area contributed by atoms with Crippen molar-refractivity contribution in [3.05, 3.63) is 12.2 Å². The monoisotopic (exact) mass is 307 g/mol. The molecule has 126 valence electrons. The third-order valence-corrected chi connectivity index (χ3v) is 4.86. The van der Waals surface area contributed by atoms with Crippen molar-refractivity contribution in [2.75, 3.05) is 32.7 Å². The Labute approximate surface area is 135 Å². The van der Waals surface area contributed by atoms with Crippen molar-refractivity contribution in [3.63, 3.8) is 0 Å². The molecule has 0 aromatic carbocycles. The molecule has 2 aliphatic rings. The summed E-state index contributed by atoms with van der Waals surface area (Å²) < 4.78 is 0. The van der Waals surface area contributed by atoms with E-state index in [9.17, 15) is 4.79 Å². The number of hydrogen-bond acceptors (Lipinski definition) is 2. The van der Waals surface area contributed by atoms with Crippen LogP contribution in [0.15, 0.2) is 12.2 Å². The van der Waals surface area contributed by atoms with E-state index in [-0.39, 0.29) is 6.03 Å².